The molecule has 1 saturated heterocycles. The van der Waals surface area contributed by atoms with E-state index in [1.165, 1.54) is 16.8 Å². The summed E-state index contributed by atoms with van der Waals surface area (Å²) in [6.07, 6.45) is -0.837. The standard InChI is InChI=1S/C46H47N5O8Si/c1-30-43(60(3,4)36-20-18-35(58-2)19-21-36)41(27-42(53)48(23-24-52)28-31-11-6-5-7-12-31)59-46(30)38-26-34(51(56)57)17-22-40(38)49(45(46)55)29-32-13-10-14-33(25-32)50-44(54)37-15-8-9-16-39(37)47-50/h5-22,25-26,30,41,43,47,52H,23-24,27-29H2,1-4H3/t30-,41+,43-,46+/m0/s1. The van der Waals surface area contributed by atoms with Crippen LogP contribution in [0, 0.1) is 16.0 Å². The number of nitro groups is 1. The molecule has 2 N–H and O–H groups in total. The lowest BCUT2D eigenvalue weighted by molar-refractivity contribution is -0.385. The average molecular weight is 826 g/mol. The van der Waals surface area contributed by atoms with E-state index in [1.807, 2.05) is 104 Å². The molecule has 0 saturated carbocycles. The molecule has 13 nitrogen and oxygen atoms in total. The number of nitro benzene ring substituents is 1. The van der Waals surface area contributed by atoms with Gasteiger partial charge >= 0.3 is 0 Å². The Morgan fingerprint density at radius 3 is 2.37 bits per heavy atom. The van der Waals surface area contributed by atoms with Crippen LogP contribution in [-0.4, -0.2) is 71.0 Å². The van der Waals surface area contributed by atoms with E-state index in [0.29, 0.717) is 33.6 Å². The molecule has 2 amide bonds. The third kappa shape index (κ3) is 6.99. The molecule has 1 spiro atoms. The van der Waals surface area contributed by atoms with E-state index in [4.69, 9.17) is 9.47 Å². The zero-order chi connectivity index (χ0) is 42.3. The Morgan fingerprint density at radius 1 is 0.950 bits per heavy atom. The highest BCUT2D eigenvalue weighted by Gasteiger charge is 2.66. The van der Waals surface area contributed by atoms with Crippen molar-refractivity contribution in [3.8, 4) is 11.4 Å². The van der Waals surface area contributed by atoms with Gasteiger partial charge in [-0.15, -0.1) is 0 Å². The molecule has 4 atom stereocenters. The Balaban J connectivity index is 1.21. The second-order valence-corrected chi connectivity index (χ2v) is 20.9. The second-order valence-electron chi connectivity index (χ2n) is 16.2. The van der Waals surface area contributed by atoms with Gasteiger partial charge in [-0.05, 0) is 59.1 Å². The maximum Gasteiger partial charge on any atom is 0.279 e. The smallest absolute Gasteiger partial charge is 0.279 e. The van der Waals surface area contributed by atoms with Crippen molar-refractivity contribution in [2.45, 2.75) is 56.8 Å². The highest BCUT2D eigenvalue weighted by molar-refractivity contribution is 6.91. The average Bonchev–Trinajstić information content (AvgIpc) is 3.83. The quantitative estimate of drug-likeness (QED) is 0.0768. The second kappa shape index (κ2) is 16.0. The van der Waals surface area contributed by atoms with Crippen molar-refractivity contribution >= 4 is 47.4 Å². The normalized spacial score (nSPS) is 19.9. The lowest BCUT2D eigenvalue weighted by Gasteiger charge is -2.37. The fourth-order valence-electron chi connectivity index (χ4n) is 9.51. The van der Waals surface area contributed by atoms with Gasteiger partial charge in [0.15, 0.2) is 5.60 Å². The van der Waals surface area contributed by atoms with E-state index in [1.54, 1.807) is 29.0 Å². The first-order valence-electron chi connectivity index (χ1n) is 20.0. The predicted octanol–water partition coefficient (Wildman–Crippen LogP) is 6.41. The summed E-state index contributed by atoms with van der Waals surface area (Å²) in [6.45, 7) is 6.61. The minimum Gasteiger partial charge on any atom is -0.497 e. The van der Waals surface area contributed by atoms with Crippen molar-refractivity contribution in [1.82, 2.24) is 14.7 Å². The van der Waals surface area contributed by atoms with Crippen LogP contribution in [0.3, 0.4) is 0 Å². The van der Waals surface area contributed by atoms with Crippen LogP contribution in [0.15, 0.2) is 126 Å². The fraction of sp³-hybridized carbons (Fsp3) is 0.283. The van der Waals surface area contributed by atoms with Gasteiger partial charge in [0.2, 0.25) is 5.91 Å². The number of nitrogens with one attached hydrogen (secondary N) is 1. The molecule has 1 aromatic heterocycles. The summed E-state index contributed by atoms with van der Waals surface area (Å²) >= 11 is 0. The predicted molar refractivity (Wildman–Crippen MR) is 231 cm³/mol. The Bertz CT molecular complexity index is 2650. The zero-order valence-corrected chi connectivity index (χ0v) is 34.9. The van der Waals surface area contributed by atoms with Crippen LogP contribution in [0.2, 0.25) is 18.6 Å². The van der Waals surface area contributed by atoms with Gasteiger partial charge in [-0.3, -0.25) is 29.6 Å². The van der Waals surface area contributed by atoms with E-state index in [0.717, 1.165) is 16.3 Å². The molecular weight excluding hydrogens is 779 g/mol. The van der Waals surface area contributed by atoms with Crippen LogP contribution < -0.4 is 20.4 Å². The highest BCUT2D eigenvalue weighted by Crippen LogP contribution is 2.60. The summed E-state index contributed by atoms with van der Waals surface area (Å²) in [5.41, 5.74) is 1.38. The van der Waals surface area contributed by atoms with Crippen molar-refractivity contribution in [2.24, 2.45) is 5.92 Å². The molecule has 5 aromatic carbocycles. The molecule has 2 aliphatic heterocycles. The number of hydrogen-bond donors (Lipinski definition) is 2. The number of ether oxygens (including phenoxy) is 2. The van der Waals surface area contributed by atoms with Crippen molar-refractivity contribution < 1.29 is 29.1 Å². The van der Waals surface area contributed by atoms with Gasteiger partial charge in [-0.2, -0.15) is 0 Å². The van der Waals surface area contributed by atoms with Crippen molar-refractivity contribution in [2.75, 3.05) is 25.2 Å². The SMILES string of the molecule is COc1ccc([Si](C)(C)[C@@H]2[C@@H](CC(=O)N(CCO)Cc3ccccc3)O[C@]3(C(=O)N(Cc4cccc(-n5[nH]c6ccccc6c5=O)c4)c4ccc([N+](=O)[O-])cc43)[C@H]2C)cc1. The number of fused-ring (bicyclic) bond motifs is 3. The number of amides is 2. The van der Waals surface area contributed by atoms with Crippen molar-refractivity contribution in [3.05, 3.63) is 158 Å². The van der Waals surface area contributed by atoms with Gasteiger partial charge < -0.3 is 24.4 Å². The van der Waals surface area contributed by atoms with Crippen LogP contribution in [0.25, 0.3) is 16.6 Å². The maximum absolute atomic E-state index is 15.5. The van der Waals surface area contributed by atoms with Gasteiger partial charge in [-0.25, -0.2) is 4.68 Å². The molecule has 6 aromatic rings. The Kier molecular flexibility index (Phi) is 10.8. The first kappa shape index (κ1) is 40.4. The number of nitrogens with zero attached hydrogens (tertiary/aromatic N) is 4. The number of non-ortho nitro benzene ring substituents is 1. The van der Waals surface area contributed by atoms with Crippen LogP contribution in [0.4, 0.5) is 11.4 Å². The summed E-state index contributed by atoms with van der Waals surface area (Å²) in [7, 11) is -1.08. The number of methoxy groups -OCH3 is 1. The molecule has 0 unspecified atom stereocenters. The van der Waals surface area contributed by atoms with Crippen molar-refractivity contribution in [3.63, 3.8) is 0 Å². The van der Waals surface area contributed by atoms with Crippen molar-refractivity contribution in [1.29, 1.82) is 0 Å². The summed E-state index contributed by atoms with van der Waals surface area (Å²) < 4.78 is 14.1. The summed E-state index contributed by atoms with van der Waals surface area (Å²) in [5.74, 6) is -0.453. The Labute approximate surface area is 347 Å². The molecule has 8 rings (SSSR count). The number of aliphatic hydroxyl groups excluding tert-OH is 1. The molecule has 308 valence electrons. The van der Waals surface area contributed by atoms with E-state index in [9.17, 15) is 24.8 Å². The molecule has 60 heavy (non-hydrogen) atoms. The molecule has 0 bridgehead atoms. The van der Waals surface area contributed by atoms with Gasteiger partial charge in [0, 0.05) is 36.7 Å². The largest absolute Gasteiger partial charge is 0.497 e. The molecule has 3 heterocycles. The van der Waals surface area contributed by atoms with Crippen LogP contribution >= 0.6 is 0 Å². The van der Waals surface area contributed by atoms with E-state index in [-0.39, 0.29) is 61.3 Å². The van der Waals surface area contributed by atoms with Gasteiger partial charge in [0.05, 0.1) is 68.1 Å². The molecule has 0 aliphatic carbocycles. The Morgan fingerprint density at radius 2 is 1.67 bits per heavy atom. The molecule has 2 aliphatic rings. The number of hydrogen-bond acceptors (Lipinski definition) is 8. The number of aromatic amines is 1. The lowest BCUT2D eigenvalue weighted by Crippen LogP contribution is -2.52. The zero-order valence-electron chi connectivity index (χ0n) is 33.9. The lowest BCUT2D eigenvalue weighted by atomic mass is 9.82. The minimum absolute atomic E-state index is 0.0744. The first-order chi connectivity index (χ1) is 28.9. The molecule has 0 radical (unpaired) electrons. The van der Waals surface area contributed by atoms with Gasteiger partial charge in [0.1, 0.15) is 5.75 Å². The van der Waals surface area contributed by atoms with Crippen LogP contribution in [-0.2, 0) is 33.0 Å². The number of aromatic nitrogens is 2. The molecular formula is C46H47N5O8Si. The van der Waals surface area contributed by atoms with Crippen LogP contribution in [0.1, 0.15) is 30.0 Å². The van der Waals surface area contributed by atoms with Gasteiger partial charge in [-0.1, -0.05) is 91.9 Å². The topological polar surface area (TPSA) is 160 Å². The first-order valence-corrected chi connectivity index (χ1v) is 23.1. The number of aliphatic hydroxyl groups is 1. The number of para-hydroxylation sites is 1. The maximum atomic E-state index is 15.5. The van der Waals surface area contributed by atoms with E-state index < -0.39 is 30.6 Å². The summed E-state index contributed by atoms with van der Waals surface area (Å²) in [5, 5.41) is 27.2. The summed E-state index contributed by atoms with van der Waals surface area (Å²) in [4.78, 5) is 58.3. The number of benzene rings is 5. The van der Waals surface area contributed by atoms with E-state index in [2.05, 4.69) is 18.2 Å². The fourth-order valence-corrected chi connectivity index (χ4v) is 13.5. The number of anilines is 1. The molecule has 14 heteroatoms. The number of carbonyl (C=O) groups is 2. The van der Waals surface area contributed by atoms with Gasteiger partial charge in [0.25, 0.3) is 17.2 Å². The molecule has 1 fully saturated rings. The number of rotatable bonds is 13. The Hall–Kier alpha value is -6.35. The number of H-pyrrole nitrogens is 1. The monoisotopic (exact) mass is 825 g/mol. The third-order valence-electron chi connectivity index (χ3n) is 12.4. The van der Waals surface area contributed by atoms with E-state index >= 15 is 4.79 Å². The highest BCUT2D eigenvalue weighted by atomic mass is 28.3. The van der Waals surface area contributed by atoms with Crippen LogP contribution in [0.5, 0.6) is 5.75 Å². The third-order valence-corrected chi connectivity index (χ3v) is 16.8. The number of carbonyl (C=O) groups excluding carboxylic acids is 2. The summed E-state index contributed by atoms with van der Waals surface area (Å²) in [6, 6.07) is 36.4. The minimum atomic E-state index is -2.68.